The largest absolute Gasteiger partial charge is 0.193 e. The minimum absolute atomic E-state index is 0.342. The summed E-state index contributed by atoms with van der Waals surface area (Å²) in [4.78, 5) is 0. The van der Waals surface area contributed by atoms with Gasteiger partial charge in [-0.3, -0.25) is 0 Å². The lowest BCUT2D eigenvalue weighted by atomic mass is 10.1. The molecule has 0 unspecified atom stereocenters. The number of nitrogens with zero attached hydrogens (tertiary/aromatic N) is 1. The maximum Gasteiger partial charge on any atom is 0.0967 e. The topological polar surface area (TPSA) is 23.8 Å². The molecule has 0 aromatic carbocycles. The Balaban J connectivity index is 4.66. The van der Waals surface area contributed by atoms with Crippen LogP contribution in [0.2, 0.25) is 0 Å². The Morgan fingerprint density at radius 2 is 1.73 bits per heavy atom. The third-order valence-electron chi connectivity index (χ3n) is 1.29. The second-order valence-corrected chi connectivity index (χ2v) is 4.27. The Kier molecular flexibility index (Phi) is 5.53. The normalized spacial score (nSPS) is 9.45. The molecule has 0 saturated heterocycles. The lowest BCUT2D eigenvalue weighted by Gasteiger charge is -2.06. The van der Waals surface area contributed by atoms with Crippen molar-refractivity contribution in [2.75, 3.05) is 12.5 Å². The number of rotatable bonds is 3. The average molecular weight is 187 g/mol. The van der Waals surface area contributed by atoms with Gasteiger partial charge in [0.15, 0.2) is 0 Å². The Labute approximate surface area is 77.2 Å². The van der Waals surface area contributed by atoms with Crippen LogP contribution in [0.25, 0.3) is 0 Å². The molecule has 0 N–H and O–H groups in total. The maximum absolute atomic E-state index is 8.79. The minimum Gasteiger partial charge on any atom is -0.193 e. The van der Waals surface area contributed by atoms with E-state index >= 15 is 0 Å². The molecule has 0 atom stereocenters. The summed E-state index contributed by atoms with van der Waals surface area (Å²) in [5.41, 5.74) is 0.907. The molecule has 0 fully saturated rings. The number of thioether (sulfide) groups is 2. The molecule has 11 heavy (non-hydrogen) atoms. The summed E-state index contributed by atoms with van der Waals surface area (Å²) in [5.74, 6) is 0.342. The Hall–Kier alpha value is -0.0700. The van der Waals surface area contributed by atoms with Gasteiger partial charge in [-0.2, -0.15) is 5.26 Å². The van der Waals surface area contributed by atoms with E-state index in [0.29, 0.717) is 5.92 Å². The Morgan fingerprint density at radius 1 is 1.27 bits per heavy atom. The van der Waals surface area contributed by atoms with Gasteiger partial charge in [0.25, 0.3) is 0 Å². The van der Waals surface area contributed by atoms with E-state index < -0.39 is 0 Å². The van der Waals surface area contributed by atoms with E-state index in [-0.39, 0.29) is 0 Å². The molecule has 0 radical (unpaired) electrons. The highest BCUT2D eigenvalue weighted by Gasteiger charge is 2.07. The third-order valence-corrected chi connectivity index (χ3v) is 3.47. The monoisotopic (exact) mass is 187 g/mol. The average Bonchev–Trinajstić information content (AvgIpc) is 1.99. The fraction of sp³-hybridized carbons (Fsp3) is 0.625. The summed E-state index contributed by atoms with van der Waals surface area (Å²) < 4.78 is 1.14. The van der Waals surface area contributed by atoms with Crippen molar-refractivity contribution in [2.45, 2.75) is 13.8 Å². The molecule has 0 spiro atoms. The van der Waals surface area contributed by atoms with Gasteiger partial charge in [-0.15, -0.1) is 23.5 Å². The van der Waals surface area contributed by atoms with Gasteiger partial charge in [0.05, 0.1) is 15.9 Å². The van der Waals surface area contributed by atoms with Crippen molar-refractivity contribution in [3.05, 3.63) is 9.81 Å². The smallest absolute Gasteiger partial charge is 0.0967 e. The van der Waals surface area contributed by atoms with Crippen LogP contribution in [0.1, 0.15) is 13.8 Å². The predicted octanol–water partition coefficient (Wildman–Crippen LogP) is 3.10. The van der Waals surface area contributed by atoms with Crippen molar-refractivity contribution in [3.63, 3.8) is 0 Å². The van der Waals surface area contributed by atoms with Crippen LogP contribution in [0.4, 0.5) is 0 Å². The zero-order chi connectivity index (χ0) is 8.85. The first-order chi connectivity index (χ1) is 5.17. The van der Waals surface area contributed by atoms with Crippen LogP contribution in [-0.4, -0.2) is 12.5 Å². The van der Waals surface area contributed by atoms with E-state index in [4.69, 9.17) is 5.26 Å². The first-order valence-corrected chi connectivity index (χ1v) is 5.84. The van der Waals surface area contributed by atoms with E-state index in [1.165, 1.54) is 0 Å². The van der Waals surface area contributed by atoms with E-state index in [2.05, 4.69) is 6.07 Å². The highest BCUT2D eigenvalue weighted by atomic mass is 32.2. The number of hydrogen-bond acceptors (Lipinski definition) is 3. The molecule has 0 aliphatic heterocycles. The quantitative estimate of drug-likeness (QED) is 0.634. The van der Waals surface area contributed by atoms with E-state index in [1.807, 2.05) is 26.4 Å². The number of hydrogen-bond donors (Lipinski definition) is 0. The summed E-state index contributed by atoms with van der Waals surface area (Å²) in [7, 11) is 0. The summed E-state index contributed by atoms with van der Waals surface area (Å²) in [6, 6.07) is 2.24. The van der Waals surface area contributed by atoms with E-state index in [0.717, 1.165) is 9.81 Å². The van der Waals surface area contributed by atoms with Crippen molar-refractivity contribution >= 4 is 23.5 Å². The summed E-state index contributed by atoms with van der Waals surface area (Å²) in [6.45, 7) is 4.09. The summed E-state index contributed by atoms with van der Waals surface area (Å²) >= 11 is 3.30. The van der Waals surface area contributed by atoms with Crippen molar-refractivity contribution in [2.24, 2.45) is 5.92 Å². The van der Waals surface area contributed by atoms with Crippen LogP contribution >= 0.6 is 23.5 Å². The van der Waals surface area contributed by atoms with Crippen LogP contribution in [-0.2, 0) is 0 Å². The van der Waals surface area contributed by atoms with Crippen molar-refractivity contribution in [1.29, 1.82) is 5.26 Å². The Bertz CT molecular complexity index is 183. The molecule has 0 aromatic heterocycles. The highest BCUT2D eigenvalue weighted by molar-refractivity contribution is 8.21. The van der Waals surface area contributed by atoms with Gasteiger partial charge in [0.2, 0.25) is 0 Å². The van der Waals surface area contributed by atoms with E-state index in [9.17, 15) is 0 Å². The molecule has 0 saturated carbocycles. The summed E-state index contributed by atoms with van der Waals surface area (Å²) in [5, 5.41) is 8.79. The molecule has 0 aliphatic rings. The van der Waals surface area contributed by atoms with Gasteiger partial charge in [-0.05, 0) is 18.4 Å². The molecule has 0 aromatic rings. The summed E-state index contributed by atoms with van der Waals surface area (Å²) in [6.07, 6.45) is 4.01. The molecule has 0 aliphatic carbocycles. The molecular formula is C8H13NS2. The molecule has 62 valence electrons. The lowest BCUT2D eigenvalue weighted by molar-refractivity contribution is 0.796. The van der Waals surface area contributed by atoms with Gasteiger partial charge < -0.3 is 0 Å². The van der Waals surface area contributed by atoms with Crippen molar-refractivity contribution < 1.29 is 0 Å². The zero-order valence-electron chi connectivity index (χ0n) is 7.34. The molecule has 1 nitrogen and oxygen atoms in total. The van der Waals surface area contributed by atoms with Crippen LogP contribution in [0.5, 0.6) is 0 Å². The SMILES string of the molecule is CSC(SC)=C(C#N)C(C)C. The maximum atomic E-state index is 8.79. The van der Waals surface area contributed by atoms with Gasteiger partial charge in [-0.25, -0.2) is 0 Å². The van der Waals surface area contributed by atoms with Crippen LogP contribution in [0.15, 0.2) is 9.81 Å². The van der Waals surface area contributed by atoms with Crippen LogP contribution in [0, 0.1) is 17.2 Å². The van der Waals surface area contributed by atoms with Gasteiger partial charge in [-0.1, -0.05) is 13.8 Å². The first kappa shape index (κ1) is 10.9. The second-order valence-electron chi connectivity index (χ2n) is 2.38. The first-order valence-electron chi connectivity index (χ1n) is 3.39. The fourth-order valence-electron chi connectivity index (χ4n) is 0.714. The van der Waals surface area contributed by atoms with E-state index in [1.54, 1.807) is 23.5 Å². The lowest BCUT2D eigenvalue weighted by Crippen LogP contribution is -1.92. The fourth-order valence-corrected chi connectivity index (χ4v) is 2.38. The van der Waals surface area contributed by atoms with Crippen molar-refractivity contribution in [1.82, 2.24) is 0 Å². The van der Waals surface area contributed by atoms with Gasteiger partial charge >= 0.3 is 0 Å². The Morgan fingerprint density at radius 3 is 1.82 bits per heavy atom. The third kappa shape index (κ3) is 3.22. The minimum atomic E-state index is 0.342. The number of nitriles is 1. The highest BCUT2D eigenvalue weighted by Crippen LogP contribution is 2.30. The zero-order valence-corrected chi connectivity index (χ0v) is 8.97. The van der Waals surface area contributed by atoms with Gasteiger partial charge in [0, 0.05) is 0 Å². The molecule has 0 heterocycles. The molecular weight excluding hydrogens is 174 g/mol. The standard InChI is InChI=1S/C8H13NS2/c1-6(2)7(5-9)8(10-3)11-4/h6H,1-4H3. The molecule has 3 heteroatoms. The molecule has 0 amide bonds. The molecule has 0 bridgehead atoms. The predicted molar refractivity (Wildman–Crippen MR) is 54.5 cm³/mol. The van der Waals surface area contributed by atoms with Crippen LogP contribution in [0.3, 0.4) is 0 Å². The van der Waals surface area contributed by atoms with Crippen molar-refractivity contribution in [3.8, 4) is 6.07 Å². The molecule has 0 rings (SSSR count). The number of allylic oxidation sites excluding steroid dienone is 1. The second kappa shape index (κ2) is 5.56. The van der Waals surface area contributed by atoms with Crippen LogP contribution < -0.4 is 0 Å². The van der Waals surface area contributed by atoms with Gasteiger partial charge in [0.1, 0.15) is 0 Å².